The molecular formula is C16H25N3O4. The van der Waals surface area contributed by atoms with Gasteiger partial charge in [-0.15, -0.1) is 0 Å². The summed E-state index contributed by atoms with van der Waals surface area (Å²) in [5, 5.41) is 11.2. The molecular weight excluding hydrogens is 298 g/mol. The van der Waals surface area contributed by atoms with Crippen molar-refractivity contribution in [1.82, 2.24) is 14.5 Å². The van der Waals surface area contributed by atoms with Crippen LogP contribution in [0.1, 0.15) is 39.3 Å². The van der Waals surface area contributed by atoms with Crippen LogP contribution >= 0.6 is 0 Å². The highest BCUT2D eigenvalue weighted by Gasteiger charge is 2.50. The standard InChI is InChI=1S/C16H25N3O4/c1-15(2,3)23-14(20)19-11-5-16(21,6-12(19)9-22-8-11)13-7-17-10-18(13)4/h7,10-12,21H,5-6,8-9H2,1-4H3. The molecule has 3 heterocycles. The van der Waals surface area contributed by atoms with Gasteiger partial charge in [0.1, 0.15) is 11.2 Å². The first-order valence-corrected chi connectivity index (χ1v) is 7.98. The smallest absolute Gasteiger partial charge is 0.410 e. The molecule has 1 amide bonds. The topological polar surface area (TPSA) is 76.8 Å². The molecule has 0 saturated carbocycles. The lowest BCUT2D eigenvalue weighted by Crippen LogP contribution is -2.63. The second-order valence-corrected chi connectivity index (χ2v) is 7.56. The van der Waals surface area contributed by atoms with Gasteiger partial charge in [-0.05, 0) is 20.8 Å². The van der Waals surface area contributed by atoms with Crippen LogP contribution < -0.4 is 0 Å². The lowest BCUT2D eigenvalue weighted by molar-refractivity contribution is -0.143. The van der Waals surface area contributed by atoms with Crippen molar-refractivity contribution in [3.8, 4) is 0 Å². The van der Waals surface area contributed by atoms with Crippen molar-refractivity contribution in [2.24, 2.45) is 7.05 Å². The maximum absolute atomic E-state index is 12.5. The summed E-state index contributed by atoms with van der Waals surface area (Å²) in [7, 11) is 1.87. The Morgan fingerprint density at radius 1 is 1.39 bits per heavy atom. The van der Waals surface area contributed by atoms with E-state index < -0.39 is 11.2 Å². The minimum atomic E-state index is -0.997. The fourth-order valence-corrected chi connectivity index (χ4v) is 3.60. The molecule has 2 fully saturated rings. The molecule has 2 bridgehead atoms. The zero-order valence-electron chi connectivity index (χ0n) is 14.2. The second kappa shape index (κ2) is 5.49. The number of aryl methyl sites for hydroxylation is 1. The number of fused-ring (bicyclic) bond motifs is 2. The van der Waals surface area contributed by atoms with Crippen LogP contribution in [0, 0.1) is 0 Å². The molecule has 2 unspecified atom stereocenters. The Hall–Kier alpha value is -1.60. The number of aromatic nitrogens is 2. The fraction of sp³-hybridized carbons (Fsp3) is 0.750. The van der Waals surface area contributed by atoms with E-state index in [1.165, 1.54) is 0 Å². The number of ether oxygens (including phenoxy) is 2. The molecule has 0 aliphatic carbocycles. The zero-order chi connectivity index (χ0) is 16.8. The second-order valence-electron chi connectivity index (χ2n) is 7.56. The summed E-state index contributed by atoms with van der Waals surface area (Å²) in [6, 6.07) is -0.394. The van der Waals surface area contributed by atoms with E-state index in [0.29, 0.717) is 26.1 Å². The Balaban J connectivity index is 1.84. The van der Waals surface area contributed by atoms with Crippen LogP contribution in [0.3, 0.4) is 0 Å². The van der Waals surface area contributed by atoms with E-state index in [4.69, 9.17) is 9.47 Å². The van der Waals surface area contributed by atoms with Crippen molar-refractivity contribution in [3.63, 3.8) is 0 Å². The summed E-state index contributed by atoms with van der Waals surface area (Å²) < 4.78 is 13.0. The highest BCUT2D eigenvalue weighted by molar-refractivity contribution is 5.69. The number of morpholine rings is 1. The van der Waals surface area contributed by atoms with Gasteiger partial charge in [-0.25, -0.2) is 9.78 Å². The van der Waals surface area contributed by atoms with Gasteiger partial charge in [0, 0.05) is 19.9 Å². The molecule has 7 heteroatoms. The van der Waals surface area contributed by atoms with Crippen LogP contribution in [-0.4, -0.2) is 56.5 Å². The van der Waals surface area contributed by atoms with Gasteiger partial charge >= 0.3 is 6.09 Å². The number of nitrogens with zero attached hydrogens (tertiary/aromatic N) is 3. The van der Waals surface area contributed by atoms with Gasteiger partial charge < -0.3 is 19.1 Å². The highest BCUT2D eigenvalue weighted by Crippen LogP contribution is 2.41. The third kappa shape index (κ3) is 3.07. The molecule has 2 aliphatic rings. The largest absolute Gasteiger partial charge is 0.444 e. The van der Waals surface area contributed by atoms with Crippen LogP contribution in [-0.2, 0) is 22.1 Å². The molecule has 23 heavy (non-hydrogen) atoms. The van der Waals surface area contributed by atoms with Gasteiger partial charge in [0.15, 0.2) is 0 Å². The Labute approximate surface area is 136 Å². The number of carbonyl (C=O) groups excluding carboxylic acids is 1. The van der Waals surface area contributed by atoms with Crippen molar-refractivity contribution in [2.75, 3.05) is 13.2 Å². The summed E-state index contributed by atoms with van der Waals surface area (Å²) in [4.78, 5) is 18.4. The summed E-state index contributed by atoms with van der Waals surface area (Å²) in [5.74, 6) is 0. The normalized spacial score (nSPS) is 31.1. The van der Waals surface area contributed by atoms with Gasteiger partial charge in [0.05, 0.1) is 43.5 Å². The van der Waals surface area contributed by atoms with Crippen molar-refractivity contribution in [1.29, 1.82) is 0 Å². The van der Waals surface area contributed by atoms with E-state index in [1.807, 2.05) is 32.4 Å². The monoisotopic (exact) mass is 323 g/mol. The minimum absolute atomic E-state index is 0.197. The predicted molar refractivity (Wildman–Crippen MR) is 82.8 cm³/mol. The van der Waals surface area contributed by atoms with Crippen LogP contribution in [0.25, 0.3) is 0 Å². The number of carbonyl (C=O) groups is 1. The molecule has 0 radical (unpaired) electrons. The summed E-state index contributed by atoms with van der Waals surface area (Å²) in [5.41, 5.74) is -0.761. The van der Waals surface area contributed by atoms with E-state index in [-0.39, 0.29) is 18.2 Å². The first-order chi connectivity index (χ1) is 10.7. The molecule has 0 spiro atoms. The summed E-state index contributed by atoms with van der Waals surface area (Å²) in [6.45, 7) is 6.39. The number of hydrogen-bond acceptors (Lipinski definition) is 5. The molecule has 3 rings (SSSR count). The maximum atomic E-state index is 12.5. The van der Waals surface area contributed by atoms with Gasteiger partial charge in [-0.2, -0.15) is 0 Å². The highest BCUT2D eigenvalue weighted by atomic mass is 16.6. The molecule has 2 aliphatic heterocycles. The fourth-order valence-electron chi connectivity index (χ4n) is 3.60. The Kier molecular flexibility index (Phi) is 3.88. The molecule has 2 atom stereocenters. The van der Waals surface area contributed by atoms with Crippen LogP contribution in [0.4, 0.5) is 4.79 Å². The number of rotatable bonds is 1. The summed E-state index contributed by atoms with van der Waals surface area (Å²) in [6.07, 6.45) is 3.88. The molecule has 2 saturated heterocycles. The number of amides is 1. The maximum Gasteiger partial charge on any atom is 0.410 e. The van der Waals surface area contributed by atoms with Gasteiger partial charge in [-0.3, -0.25) is 4.90 Å². The predicted octanol–water partition coefficient (Wildman–Crippen LogP) is 1.41. The van der Waals surface area contributed by atoms with Crippen molar-refractivity contribution < 1.29 is 19.4 Å². The first-order valence-electron chi connectivity index (χ1n) is 7.98. The average molecular weight is 323 g/mol. The average Bonchev–Trinajstić information content (AvgIpc) is 2.82. The van der Waals surface area contributed by atoms with E-state index >= 15 is 0 Å². The quantitative estimate of drug-likeness (QED) is 0.845. The van der Waals surface area contributed by atoms with Crippen LogP contribution in [0.2, 0.25) is 0 Å². The SMILES string of the molecule is Cn1cncc1C1(O)CC2COCC(C1)N2C(=O)OC(C)(C)C. The molecule has 7 nitrogen and oxygen atoms in total. The first kappa shape index (κ1) is 16.3. The molecule has 128 valence electrons. The van der Waals surface area contributed by atoms with Crippen LogP contribution in [0.5, 0.6) is 0 Å². The number of aliphatic hydroxyl groups is 1. The van der Waals surface area contributed by atoms with E-state index in [2.05, 4.69) is 4.98 Å². The Morgan fingerprint density at radius 2 is 2.00 bits per heavy atom. The van der Waals surface area contributed by atoms with Gasteiger partial charge in [0.2, 0.25) is 0 Å². The zero-order valence-corrected chi connectivity index (χ0v) is 14.2. The lowest BCUT2D eigenvalue weighted by Gasteiger charge is -2.51. The number of imidazole rings is 1. The van der Waals surface area contributed by atoms with Gasteiger partial charge in [-0.1, -0.05) is 0 Å². The summed E-state index contributed by atoms with van der Waals surface area (Å²) >= 11 is 0. The lowest BCUT2D eigenvalue weighted by atomic mass is 9.79. The molecule has 0 aromatic carbocycles. The molecule has 1 N–H and O–H groups in total. The van der Waals surface area contributed by atoms with Crippen molar-refractivity contribution in [2.45, 2.75) is 56.9 Å². The van der Waals surface area contributed by atoms with Crippen molar-refractivity contribution >= 4 is 6.09 Å². The molecule has 1 aromatic heterocycles. The Morgan fingerprint density at radius 3 is 2.48 bits per heavy atom. The van der Waals surface area contributed by atoms with Crippen molar-refractivity contribution in [3.05, 3.63) is 18.2 Å². The number of hydrogen-bond donors (Lipinski definition) is 1. The van der Waals surface area contributed by atoms with E-state index in [9.17, 15) is 9.90 Å². The van der Waals surface area contributed by atoms with E-state index in [1.54, 1.807) is 17.4 Å². The molecule has 1 aromatic rings. The minimum Gasteiger partial charge on any atom is -0.444 e. The third-order valence-corrected chi connectivity index (χ3v) is 4.45. The number of piperidine rings is 1. The van der Waals surface area contributed by atoms with Crippen LogP contribution in [0.15, 0.2) is 12.5 Å². The Bertz CT molecular complexity index is 578. The van der Waals surface area contributed by atoms with Gasteiger partial charge in [0.25, 0.3) is 0 Å². The van der Waals surface area contributed by atoms with E-state index in [0.717, 1.165) is 5.69 Å². The third-order valence-electron chi connectivity index (χ3n) is 4.45.